The van der Waals surface area contributed by atoms with Crippen molar-refractivity contribution in [2.75, 3.05) is 160 Å². The topological polar surface area (TPSA) is 199 Å². The number of ether oxygens (including phenoxy) is 4. The first-order chi connectivity index (χ1) is 38.5. The first kappa shape index (κ1) is 66.4. The highest BCUT2D eigenvalue weighted by Crippen LogP contribution is 2.42. The number of rotatable bonds is 36. The molecule has 0 unspecified atom stereocenters. The normalized spacial score (nSPS) is 13.2. The van der Waals surface area contributed by atoms with E-state index in [2.05, 4.69) is 104 Å². The van der Waals surface area contributed by atoms with E-state index in [0.717, 1.165) is 115 Å². The Morgan fingerprint density at radius 3 is 0.562 bits per heavy atom. The van der Waals surface area contributed by atoms with Crippen LogP contribution in [0.1, 0.15) is 120 Å². The van der Waals surface area contributed by atoms with Gasteiger partial charge in [-0.25, -0.2) is 0 Å². The van der Waals surface area contributed by atoms with Gasteiger partial charge in [-0.2, -0.15) is 0 Å². The molecule has 0 aromatic heterocycles. The summed E-state index contributed by atoms with van der Waals surface area (Å²) in [7, 11) is 8.29. The Bertz CT molecular complexity index is 2060. The van der Waals surface area contributed by atoms with Gasteiger partial charge in [-0.05, 0) is 119 Å². The SMILES string of the molecule is CCCOc1c2cc(C[N+](C)(CCO)CCO)cc1Cc1cc(C[N+](C)(CCO)CCO)cc(c1OCCC)Cc1cc(C[N+](C)(CCO)CCO)cc(c1OCCC)Cc1cc(C[N+](C)(CCO)CCO)cc(c1OCCC)C2. The smallest absolute Gasteiger partial charge is 0.126 e. The largest absolute Gasteiger partial charge is 0.493 e. The van der Waals surface area contributed by atoms with Crippen LogP contribution >= 0.6 is 0 Å². The minimum absolute atomic E-state index is 0.0399. The van der Waals surface area contributed by atoms with E-state index in [0.29, 0.717) is 149 Å². The van der Waals surface area contributed by atoms with E-state index < -0.39 is 0 Å². The van der Waals surface area contributed by atoms with Crippen molar-refractivity contribution in [3.05, 3.63) is 115 Å². The van der Waals surface area contributed by atoms with E-state index in [4.69, 9.17) is 18.9 Å². The number of fused-ring (bicyclic) bond motifs is 8. The third-order valence-electron chi connectivity index (χ3n) is 15.9. The van der Waals surface area contributed by atoms with Crippen LogP contribution in [0.25, 0.3) is 0 Å². The van der Waals surface area contributed by atoms with Gasteiger partial charge < -0.3 is 77.7 Å². The van der Waals surface area contributed by atoms with Crippen molar-refractivity contribution in [2.45, 2.75) is 105 Å². The number of hydrogen-bond acceptors (Lipinski definition) is 12. The van der Waals surface area contributed by atoms with Gasteiger partial charge in [0.1, 0.15) is 102 Å². The van der Waals surface area contributed by atoms with Gasteiger partial charge >= 0.3 is 0 Å². The van der Waals surface area contributed by atoms with Gasteiger partial charge in [0, 0.05) is 47.9 Å². The van der Waals surface area contributed by atoms with Crippen LogP contribution in [0.15, 0.2) is 48.5 Å². The molecule has 1 aliphatic rings. The quantitative estimate of drug-likeness (QED) is 0.0243. The number of benzene rings is 4. The Morgan fingerprint density at radius 2 is 0.438 bits per heavy atom. The summed E-state index contributed by atoms with van der Waals surface area (Å²) < 4.78 is 29.7. The van der Waals surface area contributed by atoms with E-state index in [1.165, 1.54) is 0 Å². The van der Waals surface area contributed by atoms with Crippen molar-refractivity contribution in [1.29, 1.82) is 0 Å². The average Bonchev–Trinajstić information content (AvgIpc) is 3.38. The standard InChI is InChI=1S/C64H104N4O12/c1-9-29-77-61-53-33-49(45-65(5,13-21-69)14-22-70)34-54(61)42-56-36-51(47-67(7,17-25-73)18-26-74)38-58(63(56)79-31-11-3)44-60-40-52(48-68(8,19-27-75)20-28-76)39-59(64(60)80-32-12-4)43-57-37-50(46-66(6,15-23-71)16-24-72)35-55(41-53)62(57)78-30-10-2/h33-40,69-76H,9-32,41-48H2,1-8H3/q+4. The highest BCUT2D eigenvalue weighted by Gasteiger charge is 2.31. The third-order valence-corrected chi connectivity index (χ3v) is 15.9. The fourth-order valence-electron chi connectivity index (χ4n) is 11.9. The molecule has 16 nitrogen and oxygen atoms in total. The van der Waals surface area contributed by atoms with Gasteiger partial charge in [-0.3, -0.25) is 0 Å². The molecular formula is C64H104N4O12+4. The van der Waals surface area contributed by atoms with Crippen LogP contribution in [0.3, 0.4) is 0 Å². The molecule has 0 amide bonds. The Balaban J connectivity index is 2.05. The number of hydrogen-bond donors (Lipinski definition) is 8. The maximum absolute atomic E-state index is 10.4. The monoisotopic (exact) mass is 1120 g/mol. The maximum atomic E-state index is 10.4. The van der Waals surface area contributed by atoms with Crippen molar-refractivity contribution in [3.8, 4) is 23.0 Å². The van der Waals surface area contributed by atoms with Gasteiger partial charge in [-0.1, -0.05) is 27.7 Å². The highest BCUT2D eigenvalue weighted by molar-refractivity contribution is 5.58. The zero-order chi connectivity index (χ0) is 58.4. The molecule has 8 bridgehead atoms. The van der Waals surface area contributed by atoms with E-state index in [1.807, 2.05) is 0 Å². The van der Waals surface area contributed by atoms with Gasteiger partial charge in [0.05, 0.1) is 107 Å². The number of nitrogens with zero attached hydrogens (tertiary/aromatic N) is 4. The van der Waals surface area contributed by atoms with Crippen molar-refractivity contribution in [3.63, 3.8) is 0 Å². The second-order valence-electron chi connectivity index (χ2n) is 23.8. The van der Waals surface area contributed by atoms with Gasteiger partial charge in [0.15, 0.2) is 0 Å². The van der Waals surface area contributed by atoms with E-state index in [9.17, 15) is 40.9 Å². The first-order valence-electron chi connectivity index (χ1n) is 29.8. The average molecular weight is 1120 g/mol. The molecule has 0 radical (unpaired) electrons. The molecule has 0 atom stereocenters. The van der Waals surface area contributed by atoms with E-state index in [1.54, 1.807) is 0 Å². The molecule has 0 heterocycles. The predicted molar refractivity (Wildman–Crippen MR) is 315 cm³/mol. The van der Waals surface area contributed by atoms with Crippen LogP contribution in [0, 0.1) is 0 Å². The Morgan fingerprint density at radius 1 is 0.287 bits per heavy atom. The van der Waals surface area contributed by atoms with Crippen molar-refractivity contribution >= 4 is 0 Å². The lowest BCUT2D eigenvalue weighted by molar-refractivity contribution is -0.923. The summed E-state index contributed by atoms with van der Waals surface area (Å²) in [5, 5.41) is 83.2. The van der Waals surface area contributed by atoms with E-state index in [-0.39, 0.29) is 52.9 Å². The summed E-state index contributed by atoms with van der Waals surface area (Å²) in [5.41, 5.74) is 11.9. The number of aliphatic hydroxyl groups excluding tert-OH is 8. The predicted octanol–water partition coefficient (Wildman–Crippen LogP) is 5.24. The molecule has 4 aromatic rings. The molecular weight excluding hydrogens is 1020 g/mol. The van der Waals surface area contributed by atoms with Crippen molar-refractivity contribution in [1.82, 2.24) is 0 Å². The Labute approximate surface area is 479 Å². The molecule has 0 saturated carbocycles. The minimum atomic E-state index is -0.0399. The van der Waals surface area contributed by atoms with Gasteiger partial charge in [0.2, 0.25) is 0 Å². The van der Waals surface area contributed by atoms with Crippen molar-refractivity contribution in [2.24, 2.45) is 0 Å². The van der Waals surface area contributed by atoms with Crippen LogP contribution in [0.4, 0.5) is 0 Å². The second kappa shape index (κ2) is 32.4. The Kier molecular flexibility index (Phi) is 26.9. The fraction of sp³-hybridized carbons (Fsp3) is 0.625. The van der Waals surface area contributed by atoms with Crippen LogP contribution in [-0.4, -0.2) is 219 Å². The Hall–Kier alpha value is -4.40. The lowest BCUT2D eigenvalue weighted by Crippen LogP contribution is -2.47. The zero-order valence-corrected chi connectivity index (χ0v) is 50.2. The molecule has 8 N–H and O–H groups in total. The number of likely N-dealkylation sites (N-methyl/N-ethyl adjacent to an activating group) is 4. The van der Waals surface area contributed by atoms with Gasteiger partial charge in [-0.15, -0.1) is 0 Å². The van der Waals surface area contributed by atoms with E-state index >= 15 is 0 Å². The summed E-state index contributed by atoms with van der Waals surface area (Å²) in [4.78, 5) is 0. The molecule has 4 aromatic carbocycles. The number of aliphatic hydroxyl groups is 8. The van der Waals surface area contributed by atoms with Crippen LogP contribution < -0.4 is 18.9 Å². The summed E-state index contributed by atoms with van der Waals surface area (Å²) in [6, 6.07) is 17.9. The highest BCUT2D eigenvalue weighted by atomic mass is 16.5. The van der Waals surface area contributed by atoms with Crippen LogP contribution in [0.5, 0.6) is 23.0 Å². The number of quaternary nitrogens is 4. The second-order valence-corrected chi connectivity index (χ2v) is 23.8. The molecule has 16 heteroatoms. The molecule has 0 spiro atoms. The summed E-state index contributed by atoms with van der Waals surface area (Å²) in [6.45, 7) is 15.7. The molecule has 80 heavy (non-hydrogen) atoms. The van der Waals surface area contributed by atoms with Crippen LogP contribution in [-0.2, 0) is 51.9 Å². The molecule has 5 rings (SSSR count). The van der Waals surface area contributed by atoms with Crippen LogP contribution in [0.2, 0.25) is 0 Å². The first-order valence-corrected chi connectivity index (χ1v) is 29.8. The summed E-state index contributed by atoms with van der Waals surface area (Å²) in [6.07, 6.45) is 4.81. The molecule has 0 fully saturated rings. The lowest BCUT2D eigenvalue weighted by atomic mass is 9.88. The zero-order valence-electron chi connectivity index (χ0n) is 50.2. The fourth-order valence-corrected chi connectivity index (χ4v) is 11.9. The molecule has 0 saturated heterocycles. The molecule has 0 aliphatic heterocycles. The lowest BCUT2D eigenvalue weighted by Gasteiger charge is -2.34. The summed E-state index contributed by atoms with van der Waals surface area (Å²) >= 11 is 0. The summed E-state index contributed by atoms with van der Waals surface area (Å²) in [5.74, 6) is 3.12. The van der Waals surface area contributed by atoms with Gasteiger partial charge in [0.25, 0.3) is 0 Å². The maximum Gasteiger partial charge on any atom is 0.126 e. The molecule has 1 aliphatic carbocycles. The van der Waals surface area contributed by atoms with Crippen molar-refractivity contribution < 1.29 is 77.7 Å². The molecule has 448 valence electrons. The third kappa shape index (κ3) is 18.8. The minimum Gasteiger partial charge on any atom is -0.493 e.